The number of anilines is 1. The van der Waals surface area contributed by atoms with Crippen LogP contribution in [0.3, 0.4) is 0 Å². The van der Waals surface area contributed by atoms with Crippen LogP contribution in [0.5, 0.6) is 11.5 Å². The van der Waals surface area contributed by atoms with E-state index in [1.54, 1.807) is 48.4 Å². The monoisotopic (exact) mass is 917 g/mol. The third-order valence-corrected chi connectivity index (χ3v) is 13.6. The number of methoxy groups -OCH3 is 2. The van der Waals surface area contributed by atoms with Gasteiger partial charge in [-0.15, -0.1) is 0 Å². The van der Waals surface area contributed by atoms with E-state index < -0.39 is 53.5 Å². The topological polar surface area (TPSA) is 144 Å². The number of imide groups is 1. The number of hydrogen-bond donors (Lipinski definition) is 1. The molecule has 3 saturated heterocycles. The maximum Gasteiger partial charge on any atom is 0.421 e. The average Bonchev–Trinajstić information content (AvgIpc) is 3.82. The molecule has 3 amide bonds. The van der Waals surface area contributed by atoms with Crippen molar-refractivity contribution in [3.8, 4) is 23.3 Å². The van der Waals surface area contributed by atoms with E-state index in [1.165, 1.54) is 7.11 Å². The number of aliphatic hydroxyl groups excluding tert-OH is 1. The fraction of sp³-hybridized carbons (Fsp3) is 0.345. The highest BCUT2D eigenvalue weighted by Gasteiger charge is 2.76. The quantitative estimate of drug-likeness (QED) is 0.0791. The number of carbonyl (C=O) groups excluding carboxylic acids is 4. The molecular formula is C55H55N3O10. The molecule has 0 bridgehead atoms. The second kappa shape index (κ2) is 20.5. The summed E-state index contributed by atoms with van der Waals surface area (Å²) in [6.07, 6.45) is 2.54. The van der Waals surface area contributed by atoms with Gasteiger partial charge in [0.25, 0.3) is 0 Å². The number of morpholine rings is 1. The first-order chi connectivity index (χ1) is 33.3. The van der Waals surface area contributed by atoms with E-state index in [0.29, 0.717) is 46.8 Å². The first kappa shape index (κ1) is 46.1. The summed E-state index contributed by atoms with van der Waals surface area (Å²) in [6, 6.07) is 35.6. The molecule has 0 aliphatic carbocycles. The maximum absolute atomic E-state index is 16.5. The molecule has 9 rings (SSSR count). The van der Waals surface area contributed by atoms with Crippen molar-refractivity contribution in [2.75, 3.05) is 58.6 Å². The highest BCUT2D eigenvalue weighted by molar-refractivity contribution is 6.23. The SMILES string of the molecule is COCCOC(=O)N1C(=O)[C@@]2(c3cc(C#Cc4ccc(OC)cc4)ccc31)[C@H](C(=O)N1CCCCCCC1)[C@H]1C(=O)O[C@H](c3ccccc3)[C@H](c3ccccc3)N1[C@@H]2c1cccc(OCCO)c1. The smallest absolute Gasteiger partial charge is 0.421 e. The van der Waals surface area contributed by atoms with Crippen molar-refractivity contribution in [3.05, 3.63) is 161 Å². The van der Waals surface area contributed by atoms with Crippen LogP contribution in [0.2, 0.25) is 0 Å². The van der Waals surface area contributed by atoms with Crippen LogP contribution in [0.15, 0.2) is 127 Å². The molecule has 350 valence electrons. The fourth-order valence-corrected chi connectivity index (χ4v) is 10.6. The summed E-state index contributed by atoms with van der Waals surface area (Å²) >= 11 is 0. The van der Waals surface area contributed by atoms with Crippen LogP contribution in [0.4, 0.5) is 10.5 Å². The van der Waals surface area contributed by atoms with Crippen molar-refractivity contribution in [1.82, 2.24) is 9.80 Å². The molecule has 13 nitrogen and oxygen atoms in total. The highest BCUT2D eigenvalue weighted by Crippen LogP contribution is 2.66. The Morgan fingerprint density at radius 1 is 0.706 bits per heavy atom. The number of amides is 3. The van der Waals surface area contributed by atoms with Crippen LogP contribution < -0.4 is 14.4 Å². The van der Waals surface area contributed by atoms with Crippen molar-refractivity contribution >= 4 is 29.6 Å². The largest absolute Gasteiger partial charge is 0.497 e. The Morgan fingerprint density at radius 2 is 1.37 bits per heavy atom. The Labute approximate surface area is 396 Å². The predicted molar refractivity (Wildman–Crippen MR) is 253 cm³/mol. The van der Waals surface area contributed by atoms with Gasteiger partial charge in [-0.2, -0.15) is 0 Å². The molecule has 68 heavy (non-hydrogen) atoms. The Bertz CT molecular complexity index is 2680. The molecule has 0 saturated carbocycles. The molecule has 1 spiro atoms. The molecular weight excluding hydrogens is 863 g/mol. The van der Waals surface area contributed by atoms with Gasteiger partial charge in [0.05, 0.1) is 44.0 Å². The van der Waals surface area contributed by atoms with Gasteiger partial charge in [-0.25, -0.2) is 9.69 Å². The normalized spacial score (nSPS) is 23.4. The molecule has 6 atom stereocenters. The zero-order valence-corrected chi connectivity index (χ0v) is 38.3. The van der Waals surface area contributed by atoms with Gasteiger partial charge < -0.3 is 33.7 Å². The van der Waals surface area contributed by atoms with Gasteiger partial charge >= 0.3 is 12.1 Å². The molecule has 3 fully saturated rings. The lowest BCUT2D eigenvalue weighted by atomic mass is 9.64. The van der Waals surface area contributed by atoms with Crippen molar-refractivity contribution in [2.45, 2.75) is 61.7 Å². The number of aliphatic hydroxyl groups is 1. The second-order valence-corrected chi connectivity index (χ2v) is 17.5. The molecule has 0 radical (unpaired) electrons. The van der Waals surface area contributed by atoms with Crippen LogP contribution in [0.1, 0.15) is 83.7 Å². The minimum Gasteiger partial charge on any atom is -0.497 e. The number of ether oxygens (including phenoxy) is 5. The van der Waals surface area contributed by atoms with Crippen LogP contribution >= 0.6 is 0 Å². The van der Waals surface area contributed by atoms with Gasteiger partial charge in [0.2, 0.25) is 11.8 Å². The number of hydrogen-bond acceptors (Lipinski definition) is 11. The number of esters is 1. The summed E-state index contributed by atoms with van der Waals surface area (Å²) < 4.78 is 29.0. The summed E-state index contributed by atoms with van der Waals surface area (Å²) in [7, 11) is 3.08. The molecule has 1 N–H and O–H groups in total. The molecule has 5 aromatic carbocycles. The third-order valence-electron chi connectivity index (χ3n) is 13.6. The number of benzene rings is 5. The maximum atomic E-state index is 16.5. The molecule has 4 heterocycles. The Balaban J connectivity index is 1.36. The van der Waals surface area contributed by atoms with Gasteiger partial charge in [-0.1, -0.05) is 104 Å². The van der Waals surface area contributed by atoms with Gasteiger partial charge in [-0.05, 0) is 89.7 Å². The fourth-order valence-electron chi connectivity index (χ4n) is 10.6. The Kier molecular flexibility index (Phi) is 13.9. The number of cyclic esters (lactones) is 1. The lowest BCUT2D eigenvalue weighted by Gasteiger charge is -2.46. The third kappa shape index (κ3) is 8.60. The van der Waals surface area contributed by atoms with E-state index in [4.69, 9.17) is 23.7 Å². The number of fused-ring (bicyclic) bond motifs is 3. The van der Waals surface area contributed by atoms with Gasteiger partial charge in [-0.3, -0.25) is 19.3 Å². The Morgan fingerprint density at radius 3 is 2.06 bits per heavy atom. The van der Waals surface area contributed by atoms with Crippen LogP contribution in [0.25, 0.3) is 0 Å². The highest BCUT2D eigenvalue weighted by atomic mass is 16.6. The zero-order chi connectivity index (χ0) is 47.2. The molecule has 0 unspecified atom stereocenters. The summed E-state index contributed by atoms with van der Waals surface area (Å²) in [4.78, 5) is 67.7. The van der Waals surface area contributed by atoms with Gasteiger partial charge in [0.15, 0.2) is 0 Å². The standard InChI is InChI=1S/C55H55N3O10/c1-64-33-34-67-54(63)57-45-28-25-38(22-21-37-23-26-42(65-2)27-24-37)35-44(45)55(53(57)62)46(51(60)56-29-12-4-3-5-13-30-56)48-52(61)68-49(40-17-10-7-11-18-40)47(39-15-8-6-9-16-39)58(48)50(55)41-19-14-20-43(36-41)66-32-31-59/h6-11,14-20,23-28,35-36,46-50,59H,3-5,12-13,29-34H2,1-2H3/t46-,47-,48-,49+,50+,55-/m0/s1. The number of nitrogens with zero attached hydrogens (tertiary/aromatic N) is 3. The first-order valence-corrected chi connectivity index (χ1v) is 23.3. The van der Waals surface area contributed by atoms with E-state index in [0.717, 1.165) is 48.1 Å². The second-order valence-electron chi connectivity index (χ2n) is 17.5. The van der Waals surface area contributed by atoms with Crippen molar-refractivity contribution < 1.29 is 48.0 Å². The zero-order valence-electron chi connectivity index (χ0n) is 38.3. The minimum atomic E-state index is -1.98. The summed E-state index contributed by atoms with van der Waals surface area (Å²) in [5, 5.41) is 9.84. The number of rotatable bonds is 11. The molecule has 5 aromatic rings. The Hall–Kier alpha value is -6.98. The van der Waals surface area contributed by atoms with E-state index in [2.05, 4.69) is 11.8 Å². The molecule has 4 aliphatic heterocycles. The predicted octanol–water partition coefficient (Wildman–Crippen LogP) is 7.71. The molecule has 0 aromatic heterocycles. The lowest BCUT2D eigenvalue weighted by Crippen LogP contribution is -2.56. The number of carbonyl (C=O) groups is 4. The van der Waals surface area contributed by atoms with Crippen LogP contribution in [-0.2, 0) is 34.0 Å². The summed E-state index contributed by atoms with van der Waals surface area (Å²) in [5.74, 6) is 4.40. The van der Waals surface area contributed by atoms with Gasteiger partial charge in [0.1, 0.15) is 42.3 Å². The summed E-state index contributed by atoms with van der Waals surface area (Å²) in [6.45, 7) is 0.530. The van der Waals surface area contributed by atoms with E-state index in [-0.39, 0.29) is 38.0 Å². The van der Waals surface area contributed by atoms with Gasteiger partial charge in [0, 0.05) is 31.3 Å². The van der Waals surface area contributed by atoms with Crippen LogP contribution in [-0.4, -0.2) is 98.6 Å². The van der Waals surface area contributed by atoms with Crippen LogP contribution in [0, 0.1) is 17.8 Å². The average molecular weight is 918 g/mol. The first-order valence-electron chi connectivity index (χ1n) is 23.3. The summed E-state index contributed by atoms with van der Waals surface area (Å²) in [5.41, 5.74) is 1.83. The van der Waals surface area contributed by atoms with E-state index in [1.807, 2.05) is 95.9 Å². The van der Waals surface area contributed by atoms with Crippen molar-refractivity contribution in [3.63, 3.8) is 0 Å². The van der Waals surface area contributed by atoms with E-state index in [9.17, 15) is 9.90 Å². The molecule has 13 heteroatoms. The van der Waals surface area contributed by atoms with Crippen molar-refractivity contribution in [2.24, 2.45) is 5.92 Å². The lowest BCUT2D eigenvalue weighted by molar-refractivity contribution is -0.179. The minimum absolute atomic E-state index is 0.00416. The van der Waals surface area contributed by atoms with E-state index >= 15 is 14.4 Å². The van der Waals surface area contributed by atoms with Crippen molar-refractivity contribution in [1.29, 1.82) is 0 Å². The molecule has 4 aliphatic rings. The number of likely N-dealkylation sites (tertiary alicyclic amines) is 1.